The first-order chi connectivity index (χ1) is 14.2. The molecule has 0 spiro atoms. The van der Waals surface area contributed by atoms with E-state index in [0.29, 0.717) is 11.5 Å². The first-order valence-corrected chi connectivity index (χ1v) is 9.54. The average molecular weight is 378 g/mol. The molecule has 3 nitrogen and oxygen atoms in total. The van der Waals surface area contributed by atoms with Gasteiger partial charge in [0.1, 0.15) is 11.5 Å². The van der Waals surface area contributed by atoms with Crippen molar-refractivity contribution in [3.63, 3.8) is 0 Å². The minimum absolute atomic E-state index is 0.663. The first kappa shape index (κ1) is 19.1. The number of hydrogen-bond donors (Lipinski definition) is 2. The van der Waals surface area contributed by atoms with Crippen LogP contribution < -0.4 is 26.6 Å². The van der Waals surface area contributed by atoms with Gasteiger partial charge in [-0.3, -0.25) is 0 Å². The quantitative estimate of drug-likeness (QED) is 0.502. The smallest absolute Gasteiger partial charge is 0.358 e. The Bertz CT molecular complexity index is 950. The third-order valence-corrected chi connectivity index (χ3v) is 4.86. The molecule has 0 heterocycles. The lowest BCUT2D eigenvalue weighted by molar-refractivity contribution is 0.483. The summed E-state index contributed by atoms with van der Waals surface area (Å²) in [7, 11) is 0. The largest absolute Gasteiger partial charge is 0.457 e. The molecule has 29 heavy (non-hydrogen) atoms. The van der Waals surface area contributed by atoms with Gasteiger partial charge in [0, 0.05) is 0 Å². The van der Waals surface area contributed by atoms with Crippen molar-refractivity contribution in [3.8, 4) is 11.5 Å². The van der Waals surface area contributed by atoms with Gasteiger partial charge in [-0.25, -0.2) is 0 Å². The van der Waals surface area contributed by atoms with Crippen LogP contribution in [0.2, 0.25) is 0 Å². The molecule has 0 bridgehead atoms. The van der Waals surface area contributed by atoms with Crippen molar-refractivity contribution in [2.75, 3.05) is 0 Å². The van der Waals surface area contributed by atoms with Crippen molar-refractivity contribution in [1.82, 2.24) is 0 Å². The highest BCUT2D eigenvalue weighted by Gasteiger charge is 2.17. The summed E-state index contributed by atoms with van der Waals surface area (Å²) in [6.45, 7) is -1.33. The Morgan fingerprint density at radius 1 is 0.414 bits per heavy atom. The monoisotopic (exact) mass is 378 g/mol. The van der Waals surface area contributed by atoms with Gasteiger partial charge in [-0.1, -0.05) is 84.9 Å². The molecule has 0 radical (unpaired) electrons. The van der Waals surface area contributed by atoms with Gasteiger partial charge in [0.15, 0.2) is 0 Å². The zero-order valence-corrected chi connectivity index (χ0v) is 15.8. The summed E-state index contributed by atoms with van der Waals surface area (Å²) in [6.07, 6.45) is 0. The van der Waals surface area contributed by atoms with Crippen LogP contribution in [0, 0.1) is 0 Å². The van der Waals surface area contributed by atoms with Crippen molar-refractivity contribution < 1.29 is 14.8 Å². The second-order valence-electron chi connectivity index (χ2n) is 6.87. The molecule has 4 rings (SSSR count). The molecule has 0 amide bonds. The van der Waals surface area contributed by atoms with Gasteiger partial charge in [-0.05, 0) is 46.1 Å². The summed E-state index contributed by atoms with van der Waals surface area (Å²) in [5, 5.41) is 21.0. The van der Waals surface area contributed by atoms with Crippen LogP contribution in [-0.2, 0) is 0 Å². The van der Waals surface area contributed by atoms with Crippen molar-refractivity contribution in [3.05, 3.63) is 109 Å². The topological polar surface area (TPSA) is 49.7 Å². The highest BCUT2D eigenvalue weighted by atomic mass is 16.5. The van der Waals surface area contributed by atoms with Crippen LogP contribution in [0.3, 0.4) is 0 Å². The molecule has 2 N–H and O–H groups in total. The summed E-state index contributed by atoms with van der Waals surface area (Å²) in [5.41, 5.74) is 3.33. The van der Waals surface area contributed by atoms with E-state index in [1.165, 1.54) is 0 Å². The molecular weight excluding hydrogens is 358 g/mol. The zero-order chi connectivity index (χ0) is 20.1. The molecule has 0 fully saturated rings. The van der Waals surface area contributed by atoms with E-state index in [1.54, 1.807) is 0 Å². The number of ether oxygens (including phenoxy) is 1. The maximum Gasteiger partial charge on any atom is 0.358 e. The van der Waals surface area contributed by atoms with E-state index in [-0.39, 0.29) is 0 Å². The summed E-state index contributed by atoms with van der Waals surface area (Å²) in [4.78, 5) is 0. The van der Waals surface area contributed by atoms with Crippen LogP contribution in [0.4, 0.5) is 0 Å². The van der Waals surface area contributed by atoms with E-state index in [9.17, 15) is 10.0 Å². The predicted octanol–water partition coefficient (Wildman–Crippen LogP) is 1.67. The molecule has 4 aromatic rings. The Kier molecular flexibility index (Phi) is 5.80. The molecule has 0 unspecified atom stereocenters. The average Bonchev–Trinajstić information content (AvgIpc) is 2.80. The van der Waals surface area contributed by atoms with Gasteiger partial charge in [0.25, 0.3) is 0 Å². The van der Waals surface area contributed by atoms with E-state index >= 15 is 0 Å². The Balaban J connectivity index is 1.43. The lowest BCUT2D eigenvalue weighted by Crippen LogP contribution is -2.42. The molecule has 0 atom stereocenters. The van der Waals surface area contributed by atoms with Gasteiger partial charge >= 0.3 is 13.8 Å². The lowest BCUT2D eigenvalue weighted by Gasteiger charge is -2.11. The Morgan fingerprint density at radius 3 is 1.07 bits per heavy atom. The maximum atomic E-state index is 10.5. The molecule has 5 heteroatoms. The van der Waals surface area contributed by atoms with Gasteiger partial charge in [0.05, 0.1) is 0 Å². The van der Waals surface area contributed by atoms with Crippen LogP contribution in [-0.4, -0.2) is 23.9 Å². The Hall–Kier alpha value is -3.27. The predicted molar refractivity (Wildman–Crippen MR) is 120 cm³/mol. The van der Waals surface area contributed by atoms with Crippen molar-refractivity contribution in [1.29, 1.82) is 0 Å². The van der Waals surface area contributed by atoms with E-state index in [4.69, 9.17) is 4.74 Å². The normalized spacial score (nSPS) is 10.4. The minimum atomic E-state index is -0.663. The third kappa shape index (κ3) is 4.60. The maximum absolute atomic E-state index is 10.5. The fourth-order valence-electron chi connectivity index (χ4n) is 3.23. The van der Waals surface area contributed by atoms with Crippen molar-refractivity contribution >= 4 is 35.7 Å². The van der Waals surface area contributed by atoms with Crippen LogP contribution in [0.25, 0.3) is 0 Å². The highest BCUT2D eigenvalue weighted by molar-refractivity contribution is 6.79. The fourth-order valence-corrected chi connectivity index (χ4v) is 3.23. The van der Waals surface area contributed by atoms with Gasteiger partial charge < -0.3 is 14.8 Å². The second kappa shape index (κ2) is 8.82. The number of hydrogen-bond acceptors (Lipinski definition) is 3. The molecule has 0 aliphatic heterocycles. The standard InChI is InChI=1S/C24H20B2O3/c27-25(19-7-3-1-4-8-19)21-11-15-23(16-12-21)29-24-17-13-22(14-18-24)26(28)20-9-5-2-6-10-20/h1-18,27-28H. The van der Waals surface area contributed by atoms with Crippen molar-refractivity contribution in [2.45, 2.75) is 0 Å². The summed E-state index contributed by atoms with van der Waals surface area (Å²) < 4.78 is 5.90. The minimum Gasteiger partial charge on any atom is -0.457 e. The molecule has 0 saturated carbocycles. The van der Waals surface area contributed by atoms with Gasteiger partial charge in [0.2, 0.25) is 0 Å². The third-order valence-electron chi connectivity index (χ3n) is 4.86. The van der Waals surface area contributed by atoms with Crippen LogP contribution in [0.15, 0.2) is 109 Å². The van der Waals surface area contributed by atoms with E-state index in [2.05, 4.69) is 0 Å². The molecular formula is C24H20B2O3. The first-order valence-electron chi connectivity index (χ1n) is 9.54. The molecule has 0 aromatic heterocycles. The van der Waals surface area contributed by atoms with E-state index in [1.807, 2.05) is 109 Å². The molecule has 140 valence electrons. The van der Waals surface area contributed by atoms with E-state index < -0.39 is 13.8 Å². The van der Waals surface area contributed by atoms with Crippen LogP contribution >= 0.6 is 0 Å². The van der Waals surface area contributed by atoms with Crippen LogP contribution in [0.5, 0.6) is 11.5 Å². The summed E-state index contributed by atoms with van der Waals surface area (Å²) >= 11 is 0. The van der Waals surface area contributed by atoms with Crippen molar-refractivity contribution in [2.24, 2.45) is 0 Å². The van der Waals surface area contributed by atoms with Gasteiger partial charge in [-0.15, -0.1) is 0 Å². The summed E-state index contributed by atoms with van der Waals surface area (Å²) in [6, 6.07) is 33.9. The molecule has 0 aliphatic rings. The lowest BCUT2D eigenvalue weighted by atomic mass is 9.56. The number of benzene rings is 4. The fraction of sp³-hybridized carbons (Fsp3) is 0. The SMILES string of the molecule is OB(c1ccccc1)c1ccc(Oc2ccc(B(O)c3ccccc3)cc2)cc1. The molecule has 0 saturated heterocycles. The van der Waals surface area contributed by atoms with Gasteiger partial charge in [-0.2, -0.15) is 0 Å². The summed E-state index contributed by atoms with van der Waals surface area (Å²) in [5.74, 6) is 1.37. The molecule has 0 aliphatic carbocycles. The highest BCUT2D eigenvalue weighted by Crippen LogP contribution is 2.19. The number of rotatable bonds is 6. The van der Waals surface area contributed by atoms with E-state index in [0.717, 1.165) is 21.9 Å². The molecule has 4 aromatic carbocycles. The van der Waals surface area contributed by atoms with Crippen LogP contribution in [0.1, 0.15) is 0 Å². The Morgan fingerprint density at radius 2 is 0.724 bits per heavy atom. The Labute approximate surface area is 171 Å². The second-order valence-corrected chi connectivity index (χ2v) is 6.87. The zero-order valence-electron chi connectivity index (χ0n) is 15.8.